The van der Waals surface area contributed by atoms with E-state index in [4.69, 9.17) is 15.2 Å². The zero-order valence-corrected chi connectivity index (χ0v) is 14.6. The number of benzene rings is 2. The largest absolute Gasteiger partial charge is 0.250 e. The van der Waals surface area contributed by atoms with Crippen LogP contribution in [0.25, 0.3) is 44.6 Å². The lowest BCUT2D eigenvalue weighted by atomic mass is 10.1. The summed E-state index contributed by atoms with van der Waals surface area (Å²) in [6.45, 7) is 0. The number of rotatable bonds is 2. The summed E-state index contributed by atoms with van der Waals surface area (Å²) in [5, 5.41) is 11.5. The van der Waals surface area contributed by atoms with Gasteiger partial charge >= 0.3 is 0 Å². The summed E-state index contributed by atoms with van der Waals surface area (Å²) in [7, 11) is 3.87. The van der Waals surface area contributed by atoms with Crippen LogP contribution < -0.4 is 0 Å². The third kappa shape index (κ3) is 2.14. The number of aromatic nitrogens is 5. The van der Waals surface area contributed by atoms with Gasteiger partial charge in [-0.25, -0.2) is 14.3 Å². The Morgan fingerprint density at radius 1 is 0.615 bits per heavy atom. The van der Waals surface area contributed by atoms with Crippen LogP contribution in [0.1, 0.15) is 0 Å². The van der Waals surface area contributed by atoms with Gasteiger partial charge in [0, 0.05) is 36.0 Å². The Morgan fingerprint density at radius 2 is 1.04 bits per heavy atom. The molecule has 0 bridgehead atoms. The maximum atomic E-state index is 4.87. The van der Waals surface area contributed by atoms with E-state index >= 15 is 0 Å². The molecule has 3 aromatic heterocycles. The number of hydrogen-bond donors (Lipinski definition) is 0. The SMILES string of the molecule is Cn1nc(-c2ccccc2)c2cc3c(-c4ccccc4)nn(C)c3nc21. The Labute approximate surface area is 150 Å². The zero-order valence-electron chi connectivity index (χ0n) is 14.6. The molecule has 0 aliphatic rings. The lowest BCUT2D eigenvalue weighted by Crippen LogP contribution is -1.95. The van der Waals surface area contributed by atoms with Crippen LogP contribution in [0, 0.1) is 0 Å². The lowest BCUT2D eigenvalue weighted by molar-refractivity contribution is 0.774. The fourth-order valence-corrected chi connectivity index (χ4v) is 3.46. The van der Waals surface area contributed by atoms with E-state index in [-0.39, 0.29) is 0 Å². The summed E-state index contributed by atoms with van der Waals surface area (Å²) in [6.07, 6.45) is 0. The van der Waals surface area contributed by atoms with E-state index in [1.54, 1.807) is 0 Å². The van der Waals surface area contributed by atoms with Gasteiger partial charge in [-0.1, -0.05) is 60.7 Å². The molecule has 0 spiro atoms. The summed E-state index contributed by atoms with van der Waals surface area (Å²) >= 11 is 0. The van der Waals surface area contributed by atoms with Crippen LogP contribution in [0.2, 0.25) is 0 Å². The Balaban J connectivity index is 1.85. The fraction of sp³-hybridized carbons (Fsp3) is 0.0952. The molecule has 2 aromatic carbocycles. The summed E-state index contributed by atoms with van der Waals surface area (Å²) in [5.74, 6) is 0. The molecule has 0 N–H and O–H groups in total. The van der Waals surface area contributed by atoms with Crippen LogP contribution in [0.15, 0.2) is 66.7 Å². The quantitative estimate of drug-likeness (QED) is 0.484. The Morgan fingerprint density at radius 3 is 1.46 bits per heavy atom. The average molecular weight is 339 g/mol. The molecule has 0 aliphatic heterocycles. The third-order valence-electron chi connectivity index (χ3n) is 4.70. The Bertz CT molecular complexity index is 1140. The maximum Gasteiger partial charge on any atom is 0.160 e. The number of aryl methyl sites for hydroxylation is 2. The van der Waals surface area contributed by atoms with Gasteiger partial charge in [0.25, 0.3) is 0 Å². The van der Waals surface area contributed by atoms with Gasteiger partial charge in [-0.2, -0.15) is 10.2 Å². The molecule has 0 atom stereocenters. The predicted molar refractivity (Wildman–Crippen MR) is 104 cm³/mol. The molecule has 126 valence electrons. The lowest BCUT2D eigenvalue weighted by Gasteiger charge is -1.99. The smallest absolute Gasteiger partial charge is 0.160 e. The second-order valence-corrected chi connectivity index (χ2v) is 6.41. The second kappa shape index (κ2) is 5.52. The van der Waals surface area contributed by atoms with E-state index in [2.05, 4.69) is 30.3 Å². The van der Waals surface area contributed by atoms with Crippen LogP contribution in [-0.2, 0) is 14.1 Å². The highest BCUT2D eigenvalue weighted by Crippen LogP contribution is 2.33. The van der Waals surface area contributed by atoms with Crippen molar-refractivity contribution in [3.05, 3.63) is 66.7 Å². The summed E-state index contributed by atoms with van der Waals surface area (Å²) in [6, 6.07) is 22.6. The highest BCUT2D eigenvalue weighted by atomic mass is 15.3. The van der Waals surface area contributed by atoms with Gasteiger partial charge < -0.3 is 0 Å². The van der Waals surface area contributed by atoms with E-state index in [0.29, 0.717) is 0 Å². The van der Waals surface area contributed by atoms with Crippen molar-refractivity contribution in [2.45, 2.75) is 0 Å². The topological polar surface area (TPSA) is 48.5 Å². The molecule has 5 nitrogen and oxygen atoms in total. The standard InChI is InChI=1S/C21H17N5/c1-25-20-16(18(23-25)14-9-5-3-6-10-14)13-17-19(15-11-7-4-8-12-15)24-26(2)21(17)22-20/h3-13H,1-2H3. The van der Waals surface area contributed by atoms with Crippen molar-refractivity contribution in [3.63, 3.8) is 0 Å². The highest BCUT2D eigenvalue weighted by Gasteiger charge is 2.18. The first kappa shape index (κ1) is 14.8. The minimum atomic E-state index is 0.860. The molecule has 0 aliphatic carbocycles. The highest BCUT2D eigenvalue weighted by molar-refractivity contribution is 6.02. The molecule has 0 amide bonds. The van der Waals surface area contributed by atoms with E-state index in [9.17, 15) is 0 Å². The third-order valence-corrected chi connectivity index (χ3v) is 4.70. The van der Waals surface area contributed by atoms with E-state index in [1.165, 1.54) is 0 Å². The van der Waals surface area contributed by atoms with Crippen LogP contribution in [-0.4, -0.2) is 24.5 Å². The molecule has 0 fully saturated rings. The minimum absolute atomic E-state index is 0.860. The van der Waals surface area contributed by atoms with E-state index < -0.39 is 0 Å². The fourth-order valence-electron chi connectivity index (χ4n) is 3.46. The average Bonchev–Trinajstić information content (AvgIpc) is 3.19. The van der Waals surface area contributed by atoms with E-state index in [0.717, 1.165) is 44.6 Å². The van der Waals surface area contributed by atoms with Crippen molar-refractivity contribution in [3.8, 4) is 22.5 Å². The summed E-state index contributed by atoms with van der Waals surface area (Å²) in [4.78, 5) is 4.87. The number of fused-ring (bicyclic) bond motifs is 2. The molecule has 5 aromatic rings. The van der Waals surface area contributed by atoms with Gasteiger partial charge in [-0.3, -0.25) is 0 Å². The first-order valence-corrected chi connectivity index (χ1v) is 8.53. The molecule has 5 heteroatoms. The normalized spacial score (nSPS) is 11.5. The molecule has 0 saturated heterocycles. The summed E-state index contributed by atoms with van der Waals surface area (Å²) < 4.78 is 3.68. The predicted octanol–water partition coefficient (Wildman–Crippen LogP) is 4.19. The number of hydrogen-bond acceptors (Lipinski definition) is 3. The van der Waals surface area contributed by atoms with Crippen LogP contribution in [0.5, 0.6) is 0 Å². The van der Waals surface area contributed by atoms with Crippen molar-refractivity contribution in [1.29, 1.82) is 0 Å². The van der Waals surface area contributed by atoms with Crippen molar-refractivity contribution >= 4 is 22.1 Å². The van der Waals surface area contributed by atoms with Gasteiger partial charge in [0.05, 0.1) is 0 Å². The van der Waals surface area contributed by atoms with Gasteiger partial charge in [-0.15, -0.1) is 0 Å². The number of pyridine rings is 1. The van der Waals surface area contributed by atoms with Crippen LogP contribution >= 0.6 is 0 Å². The number of nitrogens with zero attached hydrogens (tertiary/aromatic N) is 5. The first-order valence-electron chi connectivity index (χ1n) is 8.53. The molecule has 0 radical (unpaired) electrons. The molecule has 0 unspecified atom stereocenters. The van der Waals surface area contributed by atoms with Crippen LogP contribution in [0.4, 0.5) is 0 Å². The monoisotopic (exact) mass is 339 g/mol. The molecule has 26 heavy (non-hydrogen) atoms. The molecule has 5 rings (SSSR count). The summed E-state index contributed by atoms with van der Waals surface area (Å²) in [5.41, 5.74) is 5.78. The molecule has 0 saturated carbocycles. The Kier molecular flexibility index (Phi) is 3.15. The molecular formula is C21H17N5. The molecular weight excluding hydrogens is 322 g/mol. The Hall–Kier alpha value is -3.47. The van der Waals surface area contributed by atoms with Crippen LogP contribution in [0.3, 0.4) is 0 Å². The van der Waals surface area contributed by atoms with Gasteiger partial charge in [0.2, 0.25) is 0 Å². The van der Waals surface area contributed by atoms with Gasteiger partial charge in [-0.05, 0) is 6.07 Å². The van der Waals surface area contributed by atoms with Crippen molar-refractivity contribution in [2.24, 2.45) is 14.1 Å². The van der Waals surface area contributed by atoms with Crippen molar-refractivity contribution < 1.29 is 0 Å². The van der Waals surface area contributed by atoms with Crippen molar-refractivity contribution in [2.75, 3.05) is 0 Å². The maximum absolute atomic E-state index is 4.87. The van der Waals surface area contributed by atoms with Crippen molar-refractivity contribution in [1.82, 2.24) is 24.5 Å². The molecule has 3 heterocycles. The van der Waals surface area contributed by atoms with Gasteiger partial charge in [0.15, 0.2) is 11.3 Å². The zero-order chi connectivity index (χ0) is 17.7. The first-order chi connectivity index (χ1) is 12.7. The second-order valence-electron chi connectivity index (χ2n) is 6.41. The van der Waals surface area contributed by atoms with E-state index in [1.807, 2.05) is 59.9 Å². The van der Waals surface area contributed by atoms with Gasteiger partial charge in [0.1, 0.15) is 11.4 Å². The minimum Gasteiger partial charge on any atom is -0.250 e.